The molecule has 4 rings (SSSR count). The van der Waals surface area contributed by atoms with E-state index in [0.29, 0.717) is 40.8 Å². The predicted molar refractivity (Wildman–Crippen MR) is 124 cm³/mol. The number of primary amides is 1. The number of benzene rings is 2. The molecule has 1 aliphatic rings. The Bertz CT molecular complexity index is 1300. The highest BCUT2D eigenvalue weighted by Crippen LogP contribution is 2.17. The Morgan fingerprint density at radius 3 is 2.55 bits per heavy atom. The molecule has 2 heterocycles. The zero-order valence-corrected chi connectivity index (χ0v) is 18.3. The highest BCUT2D eigenvalue weighted by Gasteiger charge is 2.19. The zero-order valence-electron chi connectivity index (χ0n) is 18.3. The van der Waals surface area contributed by atoms with Gasteiger partial charge in [-0.2, -0.15) is 0 Å². The monoisotopic (exact) mass is 447 g/mol. The van der Waals surface area contributed by atoms with Crippen LogP contribution in [0, 0.1) is 0 Å². The topological polar surface area (TPSA) is 127 Å². The van der Waals surface area contributed by atoms with Crippen LogP contribution in [0.5, 0.6) is 0 Å². The lowest BCUT2D eigenvalue weighted by Gasteiger charge is -2.21. The molecule has 2 aromatic carbocycles. The molecule has 0 aliphatic carbocycles. The standard InChI is InChI=1S/C24H25N5O4/c1-2-28(13-11-21(30)26-17-8-5-15(6-9-17)22(25)31)23(32)16-7-10-18-19(14-16)27-20-4-3-12-29(20)24(18)33/h5-10,14H,2-4,11-13H2,1H3,(H2,25,31)(H,26,30). The molecule has 9 nitrogen and oxygen atoms in total. The van der Waals surface area contributed by atoms with Crippen molar-refractivity contribution in [3.05, 3.63) is 69.8 Å². The molecule has 3 amide bonds. The quantitative estimate of drug-likeness (QED) is 0.572. The first-order valence-electron chi connectivity index (χ1n) is 10.9. The number of hydrogen-bond acceptors (Lipinski definition) is 5. The third-order valence-electron chi connectivity index (χ3n) is 5.79. The van der Waals surface area contributed by atoms with Gasteiger partial charge >= 0.3 is 0 Å². The van der Waals surface area contributed by atoms with Gasteiger partial charge in [0, 0.05) is 49.3 Å². The summed E-state index contributed by atoms with van der Waals surface area (Å²) in [5.74, 6) is -0.259. The molecule has 9 heteroatoms. The van der Waals surface area contributed by atoms with E-state index >= 15 is 0 Å². The van der Waals surface area contributed by atoms with Gasteiger partial charge in [-0.15, -0.1) is 0 Å². The SMILES string of the molecule is CCN(CCC(=O)Nc1ccc(C(N)=O)cc1)C(=O)c1ccc2c(=O)n3c(nc2c1)CCC3. The van der Waals surface area contributed by atoms with Crippen LogP contribution < -0.4 is 16.6 Å². The summed E-state index contributed by atoms with van der Waals surface area (Å²) >= 11 is 0. The van der Waals surface area contributed by atoms with Crippen molar-refractivity contribution in [3.8, 4) is 0 Å². The summed E-state index contributed by atoms with van der Waals surface area (Å²) < 4.78 is 1.70. The predicted octanol–water partition coefficient (Wildman–Crippen LogP) is 1.93. The Balaban J connectivity index is 1.43. The first-order chi connectivity index (χ1) is 15.9. The maximum atomic E-state index is 13.0. The molecule has 0 fully saturated rings. The lowest BCUT2D eigenvalue weighted by Crippen LogP contribution is -2.33. The summed E-state index contributed by atoms with van der Waals surface area (Å²) in [6.45, 7) is 3.19. The molecule has 0 atom stereocenters. The molecule has 170 valence electrons. The van der Waals surface area contributed by atoms with E-state index in [4.69, 9.17) is 5.73 Å². The number of anilines is 1. The molecule has 3 aromatic rings. The number of rotatable bonds is 7. The van der Waals surface area contributed by atoms with Gasteiger partial charge in [0.2, 0.25) is 11.8 Å². The third-order valence-corrected chi connectivity index (χ3v) is 5.79. The van der Waals surface area contributed by atoms with Crippen molar-refractivity contribution in [3.63, 3.8) is 0 Å². The van der Waals surface area contributed by atoms with Crippen LogP contribution in [0.1, 0.15) is 46.3 Å². The van der Waals surface area contributed by atoms with Crippen molar-refractivity contribution in [1.82, 2.24) is 14.5 Å². The molecule has 3 N–H and O–H groups in total. The number of nitrogens with zero attached hydrogens (tertiary/aromatic N) is 3. The first-order valence-corrected chi connectivity index (χ1v) is 10.9. The maximum Gasteiger partial charge on any atom is 0.261 e. The summed E-state index contributed by atoms with van der Waals surface area (Å²) in [6, 6.07) is 11.2. The second kappa shape index (κ2) is 9.23. The number of amides is 3. The largest absolute Gasteiger partial charge is 0.366 e. The van der Waals surface area contributed by atoms with Crippen LogP contribution in [-0.2, 0) is 17.8 Å². The fourth-order valence-electron chi connectivity index (χ4n) is 3.98. The highest BCUT2D eigenvalue weighted by molar-refractivity contribution is 5.98. The normalized spacial score (nSPS) is 12.4. The highest BCUT2D eigenvalue weighted by atomic mass is 16.2. The van der Waals surface area contributed by atoms with Gasteiger partial charge in [0.1, 0.15) is 5.82 Å². The van der Waals surface area contributed by atoms with Crippen LogP contribution >= 0.6 is 0 Å². The minimum atomic E-state index is -0.538. The molecule has 0 unspecified atom stereocenters. The molecule has 0 saturated carbocycles. The summed E-state index contributed by atoms with van der Waals surface area (Å²) in [4.78, 5) is 55.3. The van der Waals surface area contributed by atoms with Gasteiger partial charge in [-0.3, -0.25) is 23.7 Å². The van der Waals surface area contributed by atoms with Gasteiger partial charge in [-0.1, -0.05) is 0 Å². The molecule has 0 spiro atoms. The smallest absolute Gasteiger partial charge is 0.261 e. The van der Waals surface area contributed by atoms with E-state index in [1.54, 1.807) is 39.8 Å². The maximum absolute atomic E-state index is 13.0. The second-order valence-electron chi connectivity index (χ2n) is 7.94. The first kappa shape index (κ1) is 22.2. The fourth-order valence-corrected chi connectivity index (χ4v) is 3.98. The van der Waals surface area contributed by atoms with Crippen molar-refractivity contribution in [2.45, 2.75) is 32.7 Å². The van der Waals surface area contributed by atoms with E-state index in [-0.39, 0.29) is 30.3 Å². The Hall–Kier alpha value is -4.01. The molecule has 1 aliphatic heterocycles. The number of nitrogens with two attached hydrogens (primary N) is 1. The average molecular weight is 447 g/mol. The van der Waals surface area contributed by atoms with Crippen molar-refractivity contribution < 1.29 is 14.4 Å². The lowest BCUT2D eigenvalue weighted by molar-refractivity contribution is -0.116. The number of fused-ring (bicyclic) bond motifs is 2. The number of nitrogens with one attached hydrogen (secondary N) is 1. The minimum Gasteiger partial charge on any atom is -0.366 e. The number of aromatic nitrogens is 2. The van der Waals surface area contributed by atoms with Crippen LogP contribution in [0.3, 0.4) is 0 Å². The Labute approximate surface area is 190 Å². The van der Waals surface area contributed by atoms with E-state index in [1.165, 1.54) is 12.1 Å². The van der Waals surface area contributed by atoms with Gasteiger partial charge < -0.3 is 16.0 Å². The fraction of sp³-hybridized carbons (Fsp3) is 0.292. The molecular weight excluding hydrogens is 422 g/mol. The number of hydrogen-bond donors (Lipinski definition) is 2. The minimum absolute atomic E-state index is 0.0700. The van der Waals surface area contributed by atoms with Crippen LogP contribution in [0.4, 0.5) is 5.69 Å². The number of carbonyl (C=O) groups is 3. The average Bonchev–Trinajstić information content (AvgIpc) is 3.28. The summed E-state index contributed by atoms with van der Waals surface area (Å²) in [6.07, 6.45) is 1.76. The third kappa shape index (κ3) is 4.62. The molecular formula is C24H25N5O4. The summed E-state index contributed by atoms with van der Waals surface area (Å²) in [5.41, 5.74) is 6.99. The van der Waals surface area contributed by atoms with Crippen LogP contribution in [0.25, 0.3) is 10.9 Å². The Morgan fingerprint density at radius 2 is 1.85 bits per heavy atom. The Morgan fingerprint density at radius 1 is 1.12 bits per heavy atom. The zero-order chi connectivity index (χ0) is 23.5. The van der Waals surface area contributed by atoms with Crippen molar-refractivity contribution >= 4 is 34.3 Å². The summed E-state index contributed by atoms with van der Waals surface area (Å²) in [7, 11) is 0. The Kier molecular flexibility index (Phi) is 6.21. The lowest BCUT2D eigenvalue weighted by atomic mass is 10.1. The van der Waals surface area contributed by atoms with E-state index < -0.39 is 5.91 Å². The molecule has 0 bridgehead atoms. The van der Waals surface area contributed by atoms with Crippen LogP contribution in [0.2, 0.25) is 0 Å². The number of aryl methyl sites for hydroxylation is 1. The van der Waals surface area contributed by atoms with E-state index in [0.717, 1.165) is 18.7 Å². The van der Waals surface area contributed by atoms with Crippen molar-refractivity contribution in [2.75, 3.05) is 18.4 Å². The molecule has 33 heavy (non-hydrogen) atoms. The van der Waals surface area contributed by atoms with Crippen LogP contribution in [-0.4, -0.2) is 45.3 Å². The summed E-state index contributed by atoms with van der Waals surface area (Å²) in [5, 5.41) is 3.25. The van der Waals surface area contributed by atoms with Gasteiger partial charge in [0.15, 0.2) is 0 Å². The molecule has 0 saturated heterocycles. The van der Waals surface area contributed by atoms with Crippen molar-refractivity contribution in [1.29, 1.82) is 0 Å². The van der Waals surface area contributed by atoms with Gasteiger partial charge in [-0.25, -0.2) is 4.98 Å². The second-order valence-corrected chi connectivity index (χ2v) is 7.94. The van der Waals surface area contributed by atoms with Crippen LogP contribution in [0.15, 0.2) is 47.3 Å². The van der Waals surface area contributed by atoms with Gasteiger partial charge in [0.05, 0.1) is 10.9 Å². The van der Waals surface area contributed by atoms with Crippen molar-refractivity contribution in [2.24, 2.45) is 5.73 Å². The van der Waals surface area contributed by atoms with Gasteiger partial charge in [-0.05, 0) is 55.8 Å². The van der Waals surface area contributed by atoms with E-state index in [1.807, 2.05) is 6.92 Å². The molecule has 0 radical (unpaired) electrons. The van der Waals surface area contributed by atoms with Gasteiger partial charge in [0.25, 0.3) is 11.5 Å². The van der Waals surface area contributed by atoms with E-state index in [9.17, 15) is 19.2 Å². The number of carbonyl (C=O) groups excluding carboxylic acids is 3. The molecule has 1 aromatic heterocycles. The van der Waals surface area contributed by atoms with E-state index in [2.05, 4.69) is 10.3 Å².